The number of pyridine rings is 3. The molecule has 0 spiro atoms. The predicted octanol–water partition coefficient (Wildman–Crippen LogP) is 4.06. The van der Waals surface area contributed by atoms with E-state index in [1.165, 1.54) is 0 Å². The molecule has 6 aromatic rings. The summed E-state index contributed by atoms with van der Waals surface area (Å²) in [6, 6.07) is 10.1. The zero-order chi connectivity index (χ0) is 20.1. The van der Waals surface area contributed by atoms with Crippen LogP contribution in [-0.4, -0.2) is 39.7 Å². The second-order valence-electron chi connectivity index (χ2n) is 7.13. The van der Waals surface area contributed by atoms with E-state index in [1.807, 2.05) is 42.1 Å². The minimum absolute atomic E-state index is 0.671. The minimum Gasteiger partial charge on any atom is -0.353 e. The van der Waals surface area contributed by atoms with Crippen molar-refractivity contribution in [2.75, 3.05) is 0 Å². The van der Waals surface area contributed by atoms with Crippen LogP contribution in [0.2, 0.25) is 0 Å². The van der Waals surface area contributed by atoms with Crippen LogP contribution >= 0.6 is 0 Å². The van der Waals surface area contributed by atoms with E-state index >= 15 is 0 Å². The summed E-state index contributed by atoms with van der Waals surface area (Å²) < 4.78 is 1.93. The summed E-state index contributed by atoms with van der Waals surface area (Å²) >= 11 is 0. The molecule has 6 aromatic heterocycles. The van der Waals surface area contributed by atoms with Gasteiger partial charge in [0.2, 0.25) is 0 Å². The topological polar surface area (TPSA) is 101 Å². The molecule has 0 aliphatic rings. The van der Waals surface area contributed by atoms with Crippen molar-refractivity contribution in [3.8, 4) is 28.3 Å². The summed E-state index contributed by atoms with van der Waals surface area (Å²) in [7, 11) is 0. The molecule has 0 saturated heterocycles. The number of imidazole rings is 1. The first kappa shape index (κ1) is 16.6. The van der Waals surface area contributed by atoms with Crippen molar-refractivity contribution >= 4 is 21.9 Å². The Morgan fingerprint density at radius 3 is 2.63 bits per heavy atom. The van der Waals surface area contributed by atoms with Gasteiger partial charge in [0.15, 0.2) is 5.65 Å². The van der Waals surface area contributed by atoms with Gasteiger partial charge < -0.3 is 4.98 Å². The highest BCUT2D eigenvalue weighted by atomic mass is 15.2. The number of H-pyrrole nitrogens is 2. The van der Waals surface area contributed by atoms with E-state index in [4.69, 9.17) is 0 Å². The molecule has 0 bridgehead atoms. The molecule has 0 unspecified atom stereocenters. The molecule has 0 fully saturated rings. The lowest BCUT2D eigenvalue weighted by molar-refractivity contribution is 1.01. The highest BCUT2D eigenvalue weighted by molar-refractivity contribution is 5.97. The average molecular weight is 392 g/mol. The van der Waals surface area contributed by atoms with E-state index in [0.29, 0.717) is 5.65 Å². The number of aromatic amines is 2. The van der Waals surface area contributed by atoms with Crippen LogP contribution in [0.3, 0.4) is 0 Å². The van der Waals surface area contributed by atoms with Gasteiger partial charge in [-0.05, 0) is 42.8 Å². The lowest BCUT2D eigenvalue weighted by atomic mass is 10.1. The molecule has 0 saturated carbocycles. The van der Waals surface area contributed by atoms with E-state index in [2.05, 4.69) is 47.2 Å². The van der Waals surface area contributed by atoms with Crippen LogP contribution in [0.15, 0.2) is 67.6 Å². The maximum Gasteiger partial charge on any atom is 0.181 e. The second kappa shape index (κ2) is 6.35. The molecule has 8 nitrogen and oxygen atoms in total. The van der Waals surface area contributed by atoms with Crippen LogP contribution in [0.1, 0.15) is 5.69 Å². The van der Waals surface area contributed by atoms with Crippen LogP contribution < -0.4 is 0 Å². The molecule has 0 aliphatic carbocycles. The third-order valence-corrected chi connectivity index (χ3v) is 5.18. The van der Waals surface area contributed by atoms with E-state index in [1.54, 1.807) is 24.9 Å². The maximum absolute atomic E-state index is 4.56. The third kappa shape index (κ3) is 2.58. The van der Waals surface area contributed by atoms with Gasteiger partial charge in [0.25, 0.3) is 0 Å². The minimum atomic E-state index is 0.671. The maximum atomic E-state index is 4.56. The summed E-state index contributed by atoms with van der Waals surface area (Å²) in [5, 5.41) is 9.48. The fourth-order valence-electron chi connectivity index (χ4n) is 3.72. The molecule has 0 aromatic carbocycles. The van der Waals surface area contributed by atoms with Gasteiger partial charge in [0.05, 0.1) is 22.6 Å². The van der Waals surface area contributed by atoms with Gasteiger partial charge in [-0.15, -0.1) is 0 Å². The van der Waals surface area contributed by atoms with E-state index in [9.17, 15) is 0 Å². The molecular formula is C22H16N8. The van der Waals surface area contributed by atoms with E-state index in [-0.39, 0.29) is 0 Å². The van der Waals surface area contributed by atoms with Gasteiger partial charge in [-0.3, -0.25) is 14.6 Å². The van der Waals surface area contributed by atoms with Crippen molar-refractivity contribution in [2.45, 2.75) is 6.92 Å². The fourth-order valence-corrected chi connectivity index (χ4v) is 3.72. The molecule has 6 rings (SSSR count). The van der Waals surface area contributed by atoms with Gasteiger partial charge in [-0.2, -0.15) is 5.10 Å². The Morgan fingerprint density at radius 2 is 1.80 bits per heavy atom. The van der Waals surface area contributed by atoms with Crippen LogP contribution in [0.25, 0.3) is 50.3 Å². The number of hydrogen-bond acceptors (Lipinski definition) is 5. The van der Waals surface area contributed by atoms with E-state index in [0.717, 1.165) is 50.3 Å². The third-order valence-electron chi connectivity index (χ3n) is 5.18. The number of aryl methyl sites for hydroxylation is 1. The van der Waals surface area contributed by atoms with Crippen molar-refractivity contribution in [3.63, 3.8) is 0 Å². The van der Waals surface area contributed by atoms with Crippen molar-refractivity contribution in [1.82, 2.24) is 39.7 Å². The highest BCUT2D eigenvalue weighted by Crippen LogP contribution is 2.32. The van der Waals surface area contributed by atoms with E-state index < -0.39 is 0 Å². The van der Waals surface area contributed by atoms with Gasteiger partial charge in [-0.25, -0.2) is 15.0 Å². The normalized spacial score (nSPS) is 11.5. The number of aromatic nitrogens is 8. The molecule has 0 atom stereocenters. The summed E-state index contributed by atoms with van der Waals surface area (Å²) in [6.45, 7) is 1.96. The van der Waals surface area contributed by atoms with Gasteiger partial charge in [0.1, 0.15) is 12.1 Å². The number of nitrogens with zero attached hydrogens (tertiary/aromatic N) is 6. The second-order valence-corrected chi connectivity index (χ2v) is 7.13. The Morgan fingerprint density at radius 1 is 0.900 bits per heavy atom. The standard InChI is InChI=1S/C22H16N8/c1-13-11-30(12-26-13)22-16-9-19(27-18(16)4-7-24-22)20-17-8-15(10-25-21(17)29-28-20)14-2-5-23-6-3-14/h2-12,27H,1H3,(H,25,28,29). The first-order valence-corrected chi connectivity index (χ1v) is 9.50. The molecule has 6 heterocycles. The van der Waals surface area contributed by atoms with Crippen molar-refractivity contribution in [1.29, 1.82) is 0 Å². The fraction of sp³-hybridized carbons (Fsp3) is 0.0455. The molecule has 144 valence electrons. The molecule has 0 amide bonds. The Kier molecular flexibility index (Phi) is 3.51. The molecule has 2 N–H and O–H groups in total. The Hall–Kier alpha value is -4.33. The highest BCUT2D eigenvalue weighted by Gasteiger charge is 2.15. The predicted molar refractivity (Wildman–Crippen MR) is 114 cm³/mol. The van der Waals surface area contributed by atoms with Gasteiger partial charge >= 0.3 is 0 Å². The van der Waals surface area contributed by atoms with Crippen LogP contribution in [0, 0.1) is 6.92 Å². The van der Waals surface area contributed by atoms with Crippen LogP contribution in [0.5, 0.6) is 0 Å². The zero-order valence-electron chi connectivity index (χ0n) is 16.0. The summed E-state index contributed by atoms with van der Waals surface area (Å²) in [5.74, 6) is 0.829. The number of fused-ring (bicyclic) bond motifs is 2. The quantitative estimate of drug-likeness (QED) is 0.473. The SMILES string of the molecule is Cc1cn(-c2nccc3[nH]c(-c4[nH]nc5ncc(-c6ccncc6)cc45)cc23)cn1. The largest absolute Gasteiger partial charge is 0.353 e. The van der Waals surface area contributed by atoms with Crippen molar-refractivity contribution in [3.05, 3.63) is 73.3 Å². The summed E-state index contributed by atoms with van der Waals surface area (Å²) in [6.07, 6.45) is 10.9. The Balaban J connectivity index is 1.52. The summed E-state index contributed by atoms with van der Waals surface area (Å²) in [5.41, 5.74) is 6.49. The molecule has 0 aliphatic heterocycles. The van der Waals surface area contributed by atoms with Crippen molar-refractivity contribution in [2.24, 2.45) is 0 Å². The van der Waals surface area contributed by atoms with Crippen molar-refractivity contribution < 1.29 is 0 Å². The molecular weight excluding hydrogens is 376 g/mol. The lowest BCUT2D eigenvalue weighted by Crippen LogP contribution is -1.94. The van der Waals surface area contributed by atoms with Gasteiger partial charge in [0, 0.05) is 47.3 Å². The number of nitrogens with one attached hydrogen (secondary N) is 2. The lowest BCUT2D eigenvalue weighted by Gasteiger charge is -2.01. The molecule has 0 radical (unpaired) electrons. The Labute approximate surface area is 170 Å². The van der Waals surface area contributed by atoms with Gasteiger partial charge in [-0.1, -0.05) is 0 Å². The molecule has 30 heavy (non-hydrogen) atoms. The van der Waals surface area contributed by atoms with Crippen LogP contribution in [-0.2, 0) is 0 Å². The summed E-state index contributed by atoms with van der Waals surface area (Å²) in [4.78, 5) is 21.0. The zero-order valence-corrected chi connectivity index (χ0v) is 16.0. The number of rotatable bonds is 3. The van der Waals surface area contributed by atoms with Crippen LogP contribution in [0.4, 0.5) is 0 Å². The molecule has 8 heteroatoms. The first-order chi connectivity index (χ1) is 14.8. The smallest absolute Gasteiger partial charge is 0.181 e. The number of hydrogen-bond donors (Lipinski definition) is 2. The monoisotopic (exact) mass is 392 g/mol. The average Bonchev–Trinajstić information content (AvgIpc) is 3.51. The first-order valence-electron chi connectivity index (χ1n) is 9.50. The Bertz CT molecular complexity index is 1510.